The highest BCUT2D eigenvalue weighted by molar-refractivity contribution is 6.09. The molecular formula is C54H54N16O6. The van der Waals surface area contributed by atoms with Crippen molar-refractivity contribution in [1.29, 1.82) is 0 Å². The van der Waals surface area contributed by atoms with E-state index in [0.29, 0.717) is 155 Å². The number of benzene rings is 2. The summed E-state index contributed by atoms with van der Waals surface area (Å²) in [5.41, 5.74) is 14.7. The molecule has 76 heavy (non-hydrogen) atoms. The molecule has 2 saturated heterocycles. The number of imidazole rings is 1. The predicted molar refractivity (Wildman–Crippen MR) is 287 cm³/mol. The summed E-state index contributed by atoms with van der Waals surface area (Å²) in [5.74, 6) is -0.142. The van der Waals surface area contributed by atoms with E-state index in [-0.39, 0.29) is 35.9 Å². The molecule has 1 atom stereocenters. The number of morpholine rings is 2. The van der Waals surface area contributed by atoms with E-state index in [4.69, 9.17) is 20.2 Å². The van der Waals surface area contributed by atoms with Crippen LogP contribution in [0.1, 0.15) is 59.9 Å². The van der Waals surface area contributed by atoms with Crippen LogP contribution in [0, 0.1) is 5.92 Å². The van der Waals surface area contributed by atoms with Gasteiger partial charge in [0.05, 0.1) is 77.1 Å². The van der Waals surface area contributed by atoms with Gasteiger partial charge in [-0.15, -0.1) is 0 Å². The Labute approximate surface area is 434 Å². The number of ether oxygens (including phenoxy) is 2. The summed E-state index contributed by atoms with van der Waals surface area (Å²) in [6.07, 6.45) is 11.4. The maximum absolute atomic E-state index is 14.1. The van der Waals surface area contributed by atoms with Crippen LogP contribution in [-0.4, -0.2) is 137 Å². The number of rotatable bonds is 12. The molecule has 0 bridgehead atoms. The molecule has 1 unspecified atom stereocenters. The third-order valence-electron chi connectivity index (χ3n) is 13.7. The first-order valence-electron chi connectivity index (χ1n) is 25.2. The van der Waals surface area contributed by atoms with E-state index in [9.17, 15) is 19.2 Å². The van der Waals surface area contributed by atoms with Gasteiger partial charge in [-0.2, -0.15) is 15.2 Å². The van der Waals surface area contributed by atoms with Crippen LogP contribution in [0.2, 0.25) is 0 Å². The Morgan fingerprint density at radius 2 is 1.50 bits per heavy atom. The number of aliphatic imine (C=N–C) groups is 1. The first kappa shape index (κ1) is 49.1. The van der Waals surface area contributed by atoms with E-state index in [2.05, 4.69) is 61.3 Å². The van der Waals surface area contributed by atoms with Gasteiger partial charge in [-0.1, -0.05) is 39.0 Å². The van der Waals surface area contributed by atoms with E-state index in [0.717, 1.165) is 21.9 Å². The number of anilines is 3. The molecule has 9 heterocycles. The number of hydrogen-bond donors (Lipinski definition) is 7. The number of carbonyl (C=O) groups excluding carboxylic acids is 4. The van der Waals surface area contributed by atoms with Gasteiger partial charge in [0.2, 0.25) is 11.8 Å². The van der Waals surface area contributed by atoms with Gasteiger partial charge in [0.15, 0.2) is 17.1 Å². The maximum atomic E-state index is 14.1. The van der Waals surface area contributed by atoms with Gasteiger partial charge in [0.25, 0.3) is 11.8 Å². The van der Waals surface area contributed by atoms with Gasteiger partial charge < -0.3 is 45.9 Å². The standard InChI is InChI=1S/C54H54N16O6/c1-4-30(10-12-41(55)61-42(71)5-2)33-23-38-47(66-68-48(38)57-26-33)51-62-43-31(9-11-37(45(43)64-51)54(74)70-15-19-76-20-16-70)21-29(3)52(72)59-35-22-32(25-56-28-35)34-24-39-46(65-67-49(39)58-27-34)50-60-40-8-6-7-36(44(40)63-50)53(73)69-13-17-75-18-14-69/h6-12,22-29,62,64,66H,4-5,13-21H2,1-3H3,(H,59,72)(H,60,63)(H2,55,61,71)(H,58,65,67)/b12-10-,33-30+,51-47+. The van der Waals surface area contributed by atoms with Crippen LogP contribution < -0.4 is 32.3 Å². The molecule has 11 rings (SSSR count). The highest BCUT2D eigenvalue weighted by Crippen LogP contribution is 2.40. The highest BCUT2D eigenvalue weighted by Gasteiger charge is 2.30. The quantitative estimate of drug-likeness (QED) is 0.0650. The summed E-state index contributed by atoms with van der Waals surface area (Å²) >= 11 is 0. The normalized spacial score (nSPS) is 16.5. The van der Waals surface area contributed by atoms with Crippen molar-refractivity contribution in [2.75, 3.05) is 68.6 Å². The molecule has 0 saturated carbocycles. The number of aromatic amines is 3. The predicted octanol–water partition coefficient (Wildman–Crippen LogP) is 4.61. The number of allylic oxidation sites excluding steroid dienone is 1. The van der Waals surface area contributed by atoms with Gasteiger partial charge in [-0.25, -0.2) is 15.0 Å². The summed E-state index contributed by atoms with van der Waals surface area (Å²) in [7, 11) is 0. The molecule has 3 aliphatic heterocycles. The molecule has 0 radical (unpaired) electrons. The van der Waals surface area contributed by atoms with Gasteiger partial charge in [0.1, 0.15) is 28.2 Å². The zero-order valence-electron chi connectivity index (χ0n) is 42.0. The number of para-hydroxylation sites is 1. The Balaban J connectivity index is 0.852. The molecule has 3 aliphatic rings. The minimum absolute atomic E-state index is 0.0994. The fraction of sp³-hybridized carbons (Fsp3) is 0.278. The van der Waals surface area contributed by atoms with Gasteiger partial charge >= 0.3 is 0 Å². The first-order valence-corrected chi connectivity index (χ1v) is 25.2. The number of carbonyl (C=O) groups is 4. The topological polar surface area (TPSA) is 292 Å². The second-order valence-corrected chi connectivity index (χ2v) is 18.7. The third kappa shape index (κ3) is 9.73. The Morgan fingerprint density at radius 1 is 0.789 bits per heavy atom. The van der Waals surface area contributed by atoms with Crippen molar-refractivity contribution in [1.82, 2.24) is 55.1 Å². The zero-order chi connectivity index (χ0) is 52.5. The fourth-order valence-corrected chi connectivity index (χ4v) is 9.59. The summed E-state index contributed by atoms with van der Waals surface area (Å²) in [4.78, 5) is 83.1. The molecule has 0 aliphatic carbocycles. The molecule has 2 fully saturated rings. The van der Waals surface area contributed by atoms with Crippen LogP contribution >= 0.6 is 0 Å². The minimum Gasteiger partial charge on any atom is -0.384 e. The fourth-order valence-electron chi connectivity index (χ4n) is 9.59. The molecule has 386 valence electrons. The lowest BCUT2D eigenvalue weighted by atomic mass is 9.96. The molecule has 2 aromatic carbocycles. The summed E-state index contributed by atoms with van der Waals surface area (Å²) < 4.78 is 11.0. The van der Waals surface area contributed by atoms with Crippen LogP contribution in [0.15, 0.2) is 90.5 Å². The summed E-state index contributed by atoms with van der Waals surface area (Å²) in [6, 6.07) is 15.0. The van der Waals surface area contributed by atoms with Gasteiger partial charge in [-0.3, -0.25) is 34.4 Å². The lowest BCUT2D eigenvalue weighted by molar-refractivity contribution is -0.119. The molecular weight excluding hydrogens is 969 g/mol. The Kier molecular flexibility index (Phi) is 13.6. The lowest BCUT2D eigenvalue weighted by Crippen LogP contribution is -2.40. The zero-order valence-corrected chi connectivity index (χ0v) is 42.0. The number of fused-ring (bicyclic) bond motifs is 4. The third-order valence-corrected chi connectivity index (χ3v) is 13.7. The van der Waals surface area contributed by atoms with Crippen molar-refractivity contribution in [2.24, 2.45) is 16.6 Å². The van der Waals surface area contributed by atoms with Crippen molar-refractivity contribution in [3.05, 3.63) is 113 Å². The van der Waals surface area contributed by atoms with Crippen molar-refractivity contribution in [3.8, 4) is 22.6 Å². The number of amides is 4. The average Bonchev–Trinajstić information content (AvgIpc) is 4.28. The first-order chi connectivity index (χ1) is 37.0. The second kappa shape index (κ2) is 21.0. The summed E-state index contributed by atoms with van der Waals surface area (Å²) in [5, 5.41) is 28.1. The number of hydrogen-bond acceptors (Lipinski definition) is 14. The highest BCUT2D eigenvalue weighted by atomic mass is 16.5. The number of aromatic nitrogens is 9. The number of pyridine rings is 3. The molecule has 22 heteroatoms. The number of nitrogens with two attached hydrogens (primary N) is 1. The molecule has 0 spiro atoms. The molecule has 6 aromatic heterocycles. The number of amidine groups is 1. The van der Waals surface area contributed by atoms with Crippen molar-refractivity contribution in [3.63, 3.8) is 0 Å². The van der Waals surface area contributed by atoms with E-state index < -0.39 is 5.92 Å². The van der Waals surface area contributed by atoms with Crippen LogP contribution in [0.3, 0.4) is 0 Å². The van der Waals surface area contributed by atoms with Crippen LogP contribution in [-0.2, 0) is 25.5 Å². The van der Waals surface area contributed by atoms with Crippen molar-refractivity contribution >= 4 is 91.0 Å². The van der Waals surface area contributed by atoms with Crippen molar-refractivity contribution in [2.45, 2.75) is 40.0 Å². The van der Waals surface area contributed by atoms with Crippen LogP contribution in [0.5, 0.6) is 0 Å². The average molecular weight is 1020 g/mol. The van der Waals surface area contributed by atoms with Crippen LogP contribution in [0.25, 0.3) is 67.1 Å². The summed E-state index contributed by atoms with van der Waals surface area (Å²) in [6.45, 7) is 9.42. The Morgan fingerprint density at radius 3 is 2.26 bits per heavy atom. The van der Waals surface area contributed by atoms with E-state index >= 15 is 0 Å². The Bertz CT molecular complexity index is 3810. The number of nitrogens with one attached hydrogen (secondary N) is 6. The maximum Gasteiger partial charge on any atom is 0.256 e. The van der Waals surface area contributed by atoms with E-state index in [1.54, 1.807) is 59.7 Å². The molecule has 22 nitrogen and oxygen atoms in total. The minimum atomic E-state index is -0.533. The SMILES string of the molecule is CCC(=O)N=C(N)/C=C\C(CC)=c1\cnc2n[nH]/c(=C3\Nc4c(CC(C)C(=O)Nc5cncc(-c6cnc7n[nH]c(-c8nc9c(C(=O)N%10CCOCC%10)cccc9[nH]8)c7c6)c5)ccc(C(=O)N5CCOCC5)c4N3)c2c1. The van der Waals surface area contributed by atoms with E-state index in [1.165, 1.54) is 0 Å². The monoisotopic (exact) mass is 1020 g/mol. The lowest BCUT2D eigenvalue weighted by Gasteiger charge is -2.27. The molecule has 8 aromatic rings. The Hall–Kier alpha value is -9.15. The molecule has 8 N–H and O–H groups in total. The van der Waals surface area contributed by atoms with E-state index in [1.807, 2.05) is 56.3 Å². The van der Waals surface area contributed by atoms with Crippen molar-refractivity contribution < 1.29 is 28.7 Å². The second-order valence-electron chi connectivity index (χ2n) is 18.7. The number of H-pyrrole nitrogens is 3. The van der Waals surface area contributed by atoms with Gasteiger partial charge in [0, 0.05) is 68.2 Å². The molecule has 4 amide bonds. The largest absolute Gasteiger partial charge is 0.384 e. The van der Waals surface area contributed by atoms with Crippen LogP contribution in [0.4, 0.5) is 17.1 Å². The smallest absolute Gasteiger partial charge is 0.256 e. The van der Waals surface area contributed by atoms with Gasteiger partial charge in [-0.05, 0) is 71.7 Å². The number of nitrogens with zero attached hydrogens (tertiary/aromatic N) is 9.